The van der Waals surface area contributed by atoms with Gasteiger partial charge in [0, 0.05) is 6.07 Å². The molecular weight excluding hydrogens is 360 g/mol. The van der Waals surface area contributed by atoms with Gasteiger partial charge in [-0.15, -0.1) is 0 Å². The van der Waals surface area contributed by atoms with Crippen LogP contribution >= 0.6 is 0 Å². The number of esters is 1. The van der Waals surface area contributed by atoms with Crippen LogP contribution in [0.5, 0.6) is 0 Å². The van der Waals surface area contributed by atoms with Gasteiger partial charge in [-0.2, -0.15) is 0 Å². The van der Waals surface area contributed by atoms with Crippen molar-refractivity contribution >= 4 is 27.4 Å². The van der Waals surface area contributed by atoms with E-state index >= 15 is 0 Å². The predicted octanol–water partition coefficient (Wildman–Crippen LogP) is 2.66. The number of sulfonamides is 1. The third kappa shape index (κ3) is 4.17. The van der Waals surface area contributed by atoms with E-state index in [-0.39, 0.29) is 12.3 Å². The van der Waals surface area contributed by atoms with Crippen LogP contribution in [-0.2, 0) is 19.6 Å². The lowest BCUT2D eigenvalue weighted by Gasteiger charge is -2.23. The summed E-state index contributed by atoms with van der Waals surface area (Å²) in [6.07, 6.45) is 0. The smallest absolute Gasteiger partial charge is 0.326 e. The Balaban J connectivity index is 2.60. The monoisotopic (exact) mass is 378 g/mol. The molecule has 8 nitrogen and oxygen atoms in total. The number of carbonyl (C=O) groups is 1. The number of benzene rings is 2. The maximum absolute atomic E-state index is 13.1. The topological polar surface area (TPSA) is 107 Å². The summed E-state index contributed by atoms with van der Waals surface area (Å²) in [5, 5.41) is 11.2. The van der Waals surface area contributed by atoms with Gasteiger partial charge in [-0.1, -0.05) is 24.3 Å². The summed E-state index contributed by atoms with van der Waals surface area (Å²) >= 11 is 0. The first kappa shape index (κ1) is 19.4. The van der Waals surface area contributed by atoms with Crippen molar-refractivity contribution in [2.24, 2.45) is 0 Å². The van der Waals surface area contributed by atoms with Gasteiger partial charge in [-0.25, -0.2) is 8.42 Å². The molecule has 26 heavy (non-hydrogen) atoms. The van der Waals surface area contributed by atoms with Gasteiger partial charge in [0.15, 0.2) is 4.90 Å². The van der Waals surface area contributed by atoms with E-state index in [9.17, 15) is 23.3 Å². The molecule has 0 aromatic heterocycles. The molecule has 0 aliphatic carbocycles. The fourth-order valence-electron chi connectivity index (χ4n) is 2.37. The molecule has 0 unspecified atom stereocenters. The average molecular weight is 378 g/mol. The normalized spacial score (nSPS) is 11.0. The van der Waals surface area contributed by atoms with Crippen LogP contribution in [-0.4, -0.2) is 32.5 Å². The zero-order valence-corrected chi connectivity index (χ0v) is 15.1. The highest BCUT2D eigenvalue weighted by molar-refractivity contribution is 7.93. The summed E-state index contributed by atoms with van der Waals surface area (Å²) in [6.45, 7) is 2.87. The molecule has 9 heteroatoms. The molecule has 0 atom stereocenters. The fourth-order valence-corrected chi connectivity index (χ4v) is 3.93. The molecule has 2 rings (SSSR count). The van der Waals surface area contributed by atoms with Gasteiger partial charge in [-0.3, -0.25) is 19.2 Å². The Kier molecular flexibility index (Phi) is 5.93. The number of nitrogens with zero attached hydrogens (tertiary/aromatic N) is 2. The third-order valence-electron chi connectivity index (χ3n) is 3.50. The highest BCUT2D eigenvalue weighted by Crippen LogP contribution is 2.30. The SMILES string of the molecule is CCOC(=O)CN(c1cccc(C)c1)S(=O)(=O)c1ccccc1[N+](=O)[O-]. The van der Waals surface area contributed by atoms with Crippen molar-refractivity contribution in [1.29, 1.82) is 0 Å². The largest absolute Gasteiger partial charge is 0.465 e. The second kappa shape index (κ2) is 7.96. The van der Waals surface area contributed by atoms with E-state index in [4.69, 9.17) is 4.74 Å². The summed E-state index contributed by atoms with van der Waals surface area (Å²) < 4.78 is 31.9. The van der Waals surface area contributed by atoms with Crippen LogP contribution < -0.4 is 4.31 Å². The maximum atomic E-state index is 13.1. The van der Waals surface area contributed by atoms with Gasteiger partial charge >= 0.3 is 5.97 Å². The number of nitro benzene ring substituents is 1. The van der Waals surface area contributed by atoms with Crippen molar-refractivity contribution in [3.8, 4) is 0 Å². The van der Waals surface area contributed by atoms with E-state index in [1.807, 2.05) is 0 Å². The summed E-state index contributed by atoms with van der Waals surface area (Å²) in [6, 6.07) is 11.5. The number of anilines is 1. The van der Waals surface area contributed by atoms with Gasteiger partial charge in [0.25, 0.3) is 15.7 Å². The Morgan fingerprint density at radius 2 is 1.88 bits per heavy atom. The van der Waals surface area contributed by atoms with Crippen molar-refractivity contribution in [1.82, 2.24) is 0 Å². The minimum absolute atomic E-state index is 0.0893. The molecule has 0 aliphatic rings. The van der Waals surface area contributed by atoms with Crippen LogP contribution in [0.3, 0.4) is 0 Å². The maximum Gasteiger partial charge on any atom is 0.326 e. The molecule has 2 aromatic carbocycles. The van der Waals surface area contributed by atoms with Gasteiger partial charge in [0.1, 0.15) is 6.54 Å². The van der Waals surface area contributed by atoms with E-state index in [2.05, 4.69) is 0 Å². The molecular formula is C17H18N2O6S. The average Bonchev–Trinajstić information content (AvgIpc) is 2.59. The van der Waals surface area contributed by atoms with Crippen molar-refractivity contribution < 1.29 is 22.9 Å². The molecule has 0 amide bonds. The first-order chi connectivity index (χ1) is 12.3. The van der Waals surface area contributed by atoms with Crippen LogP contribution in [0, 0.1) is 17.0 Å². The molecule has 0 N–H and O–H groups in total. The second-order valence-corrected chi connectivity index (χ2v) is 7.21. The Labute approximate surface area is 151 Å². The Hall–Kier alpha value is -2.94. The van der Waals surface area contributed by atoms with Crippen molar-refractivity contribution in [3.63, 3.8) is 0 Å². The molecule has 0 fully saturated rings. The van der Waals surface area contributed by atoms with Crippen LogP contribution in [0.25, 0.3) is 0 Å². The number of ether oxygens (including phenoxy) is 1. The highest BCUT2D eigenvalue weighted by Gasteiger charge is 2.33. The number of nitro groups is 1. The molecule has 138 valence electrons. The molecule has 0 saturated carbocycles. The van der Waals surface area contributed by atoms with Crippen LogP contribution in [0.15, 0.2) is 53.4 Å². The van der Waals surface area contributed by atoms with Gasteiger partial charge in [0.05, 0.1) is 17.2 Å². The van der Waals surface area contributed by atoms with Gasteiger partial charge < -0.3 is 4.74 Å². The summed E-state index contributed by atoms with van der Waals surface area (Å²) in [5.74, 6) is -0.754. The van der Waals surface area contributed by atoms with E-state index in [1.165, 1.54) is 18.2 Å². The lowest BCUT2D eigenvalue weighted by atomic mass is 10.2. The summed E-state index contributed by atoms with van der Waals surface area (Å²) in [7, 11) is -4.37. The Morgan fingerprint density at radius 1 is 1.19 bits per heavy atom. The van der Waals surface area contributed by atoms with Crippen molar-refractivity contribution in [2.75, 3.05) is 17.5 Å². The molecule has 0 spiro atoms. The molecule has 0 saturated heterocycles. The highest BCUT2D eigenvalue weighted by atomic mass is 32.2. The quantitative estimate of drug-likeness (QED) is 0.416. The van der Waals surface area contributed by atoms with E-state index in [1.54, 1.807) is 32.0 Å². The number of carbonyl (C=O) groups excluding carboxylic acids is 1. The lowest BCUT2D eigenvalue weighted by molar-refractivity contribution is -0.387. The molecule has 0 heterocycles. The molecule has 0 bridgehead atoms. The van der Waals surface area contributed by atoms with Crippen LogP contribution in [0.4, 0.5) is 11.4 Å². The minimum atomic E-state index is -4.37. The van der Waals surface area contributed by atoms with Crippen molar-refractivity contribution in [2.45, 2.75) is 18.7 Å². The molecule has 2 aromatic rings. The van der Waals surface area contributed by atoms with E-state index in [0.717, 1.165) is 22.0 Å². The van der Waals surface area contributed by atoms with E-state index < -0.39 is 38.0 Å². The minimum Gasteiger partial charge on any atom is -0.465 e. The molecule has 0 radical (unpaired) electrons. The summed E-state index contributed by atoms with van der Waals surface area (Å²) in [5.41, 5.74) is 0.430. The zero-order valence-electron chi connectivity index (χ0n) is 14.3. The fraction of sp³-hybridized carbons (Fsp3) is 0.235. The number of aryl methyl sites for hydroxylation is 1. The van der Waals surface area contributed by atoms with Crippen molar-refractivity contribution in [3.05, 3.63) is 64.2 Å². The predicted molar refractivity (Wildman–Crippen MR) is 95.4 cm³/mol. The van der Waals surface area contributed by atoms with E-state index in [0.29, 0.717) is 0 Å². The first-order valence-corrected chi connectivity index (χ1v) is 9.19. The van der Waals surface area contributed by atoms with Crippen LogP contribution in [0.1, 0.15) is 12.5 Å². The zero-order chi connectivity index (χ0) is 19.3. The molecule has 0 aliphatic heterocycles. The third-order valence-corrected chi connectivity index (χ3v) is 5.32. The number of hydrogen-bond acceptors (Lipinski definition) is 6. The van der Waals surface area contributed by atoms with Crippen LogP contribution in [0.2, 0.25) is 0 Å². The lowest BCUT2D eigenvalue weighted by Crippen LogP contribution is -2.37. The van der Waals surface area contributed by atoms with Gasteiger partial charge in [0.2, 0.25) is 0 Å². The summed E-state index contributed by atoms with van der Waals surface area (Å²) in [4.78, 5) is 21.9. The number of rotatable bonds is 7. The Bertz CT molecular complexity index is 926. The first-order valence-electron chi connectivity index (χ1n) is 7.75. The number of hydrogen-bond donors (Lipinski definition) is 0. The second-order valence-electron chi connectivity index (χ2n) is 5.38. The Morgan fingerprint density at radius 3 is 2.50 bits per heavy atom. The van der Waals surface area contributed by atoms with Gasteiger partial charge in [-0.05, 0) is 37.6 Å². The number of para-hydroxylation sites is 1. The standard InChI is InChI=1S/C17H18N2O6S/c1-3-25-17(20)12-18(14-8-6-7-13(2)11-14)26(23,24)16-10-5-4-9-15(16)19(21)22/h4-11H,3,12H2,1-2H3.